The quantitative estimate of drug-likeness (QED) is 0.843. The van der Waals surface area contributed by atoms with Crippen molar-refractivity contribution in [3.63, 3.8) is 0 Å². The van der Waals surface area contributed by atoms with Crippen molar-refractivity contribution in [3.8, 4) is 0 Å². The second-order valence-corrected chi connectivity index (χ2v) is 4.89. The van der Waals surface area contributed by atoms with Crippen LogP contribution in [0.25, 0.3) is 0 Å². The third-order valence-electron chi connectivity index (χ3n) is 2.90. The number of likely N-dealkylation sites (N-methyl/N-ethyl adjacent to an activating group) is 1. The summed E-state index contributed by atoms with van der Waals surface area (Å²) < 4.78 is 0. The maximum atomic E-state index is 11.5. The number of hydrogen-bond donors (Lipinski definition) is 2. The summed E-state index contributed by atoms with van der Waals surface area (Å²) in [5.41, 5.74) is 1.58. The second kappa shape index (κ2) is 7.36. The predicted molar refractivity (Wildman–Crippen MR) is 78.7 cm³/mol. The first kappa shape index (κ1) is 15.8. The molecule has 0 fully saturated rings. The van der Waals surface area contributed by atoms with Gasteiger partial charge in [0.05, 0.1) is 23.4 Å². The van der Waals surface area contributed by atoms with Crippen LogP contribution in [0, 0.1) is 0 Å². The smallest absolute Gasteiger partial charge is 0.239 e. The van der Waals surface area contributed by atoms with Gasteiger partial charge in [0.2, 0.25) is 5.91 Å². The van der Waals surface area contributed by atoms with E-state index in [-0.39, 0.29) is 12.5 Å². The van der Waals surface area contributed by atoms with Gasteiger partial charge in [0, 0.05) is 13.6 Å². The zero-order valence-electron chi connectivity index (χ0n) is 11.6. The molecule has 1 aromatic rings. The summed E-state index contributed by atoms with van der Waals surface area (Å²) in [6.07, 6.45) is 0.371. The molecule has 1 rings (SSSR count). The zero-order chi connectivity index (χ0) is 14.4. The van der Waals surface area contributed by atoms with Crippen molar-refractivity contribution in [2.24, 2.45) is 0 Å². The van der Waals surface area contributed by atoms with Crippen LogP contribution < -0.4 is 10.2 Å². The number of rotatable bonds is 6. The first-order chi connectivity index (χ1) is 8.99. The number of nitrogens with one attached hydrogen (secondary N) is 1. The van der Waals surface area contributed by atoms with Crippen molar-refractivity contribution in [2.45, 2.75) is 26.4 Å². The van der Waals surface area contributed by atoms with Gasteiger partial charge in [-0.25, -0.2) is 0 Å². The summed E-state index contributed by atoms with van der Waals surface area (Å²) in [6.45, 7) is 4.77. The number of anilines is 1. The molecule has 1 atom stereocenters. The summed E-state index contributed by atoms with van der Waals surface area (Å²) in [6, 6.07) is 5.43. The molecule has 1 amide bonds. The maximum absolute atomic E-state index is 11.5. The number of hydrogen-bond acceptors (Lipinski definition) is 3. The Bertz CT molecular complexity index is 435. The van der Waals surface area contributed by atoms with E-state index in [1.807, 2.05) is 17.0 Å². The average molecular weight is 285 g/mol. The molecule has 0 aliphatic carbocycles. The van der Waals surface area contributed by atoms with E-state index < -0.39 is 6.10 Å². The second-order valence-electron chi connectivity index (χ2n) is 4.48. The van der Waals surface area contributed by atoms with E-state index in [1.165, 1.54) is 0 Å². The zero-order valence-corrected chi connectivity index (χ0v) is 12.4. The highest BCUT2D eigenvalue weighted by molar-refractivity contribution is 6.33. The number of aliphatic hydroxyl groups is 1. The number of aliphatic hydroxyl groups excluding tert-OH is 1. The lowest BCUT2D eigenvalue weighted by Crippen LogP contribution is -2.36. The van der Waals surface area contributed by atoms with Crippen LogP contribution in [-0.2, 0) is 4.79 Å². The van der Waals surface area contributed by atoms with E-state index in [2.05, 4.69) is 12.2 Å². The van der Waals surface area contributed by atoms with Crippen molar-refractivity contribution in [1.29, 1.82) is 0 Å². The number of nitrogens with zero attached hydrogens (tertiary/aromatic N) is 1. The molecule has 0 aliphatic heterocycles. The Kier molecular flexibility index (Phi) is 6.12. The van der Waals surface area contributed by atoms with Gasteiger partial charge in [-0.1, -0.05) is 24.6 Å². The van der Waals surface area contributed by atoms with Gasteiger partial charge in [0.1, 0.15) is 0 Å². The summed E-state index contributed by atoms with van der Waals surface area (Å²) in [4.78, 5) is 13.5. The molecular formula is C14H21ClN2O2. The topological polar surface area (TPSA) is 52.6 Å². The average Bonchev–Trinajstić information content (AvgIpc) is 2.37. The van der Waals surface area contributed by atoms with Crippen LogP contribution in [0.2, 0.25) is 5.02 Å². The van der Waals surface area contributed by atoms with Gasteiger partial charge in [-0.3, -0.25) is 4.79 Å². The third-order valence-corrected chi connectivity index (χ3v) is 3.20. The minimum absolute atomic E-state index is 0.0517. The van der Waals surface area contributed by atoms with Crippen LogP contribution in [0.15, 0.2) is 18.2 Å². The Morgan fingerprint density at radius 1 is 1.53 bits per heavy atom. The lowest BCUT2D eigenvalue weighted by molar-refractivity contribution is -0.119. The normalized spacial score (nSPS) is 12.1. The number of carbonyl (C=O) groups excluding carboxylic acids is 1. The Morgan fingerprint density at radius 2 is 2.21 bits per heavy atom. The molecule has 0 radical (unpaired) electrons. The van der Waals surface area contributed by atoms with E-state index in [0.717, 1.165) is 24.2 Å². The number of halogens is 1. The van der Waals surface area contributed by atoms with Crippen molar-refractivity contribution < 1.29 is 9.90 Å². The molecule has 0 heterocycles. The van der Waals surface area contributed by atoms with Crippen molar-refractivity contribution in [2.75, 3.05) is 25.0 Å². The van der Waals surface area contributed by atoms with Crippen molar-refractivity contribution in [1.82, 2.24) is 5.32 Å². The van der Waals surface area contributed by atoms with Gasteiger partial charge in [-0.15, -0.1) is 0 Å². The number of benzene rings is 1. The van der Waals surface area contributed by atoms with Gasteiger partial charge in [0.15, 0.2) is 0 Å². The largest absolute Gasteiger partial charge is 0.389 e. The molecule has 5 heteroatoms. The predicted octanol–water partition coefficient (Wildman–Crippen LogP) is 2.36. The first-order valence-electron chi connectivity index (χ1n) is 6.42. The Morgan fingerprint density at radius 3 is 2.68 bits per heavy atom. The number of amides is 1. The van der Waals surface area contributed by atoms with Crippen molar-refractivity contribution >= 4 is 23.2 Å². The molecule has 4 nitrogen and oxygen atoms in total. The standard InChI is InChI=1S/C14H21ClN2O2/c1-4-7-17(9-14(19)16-3)13-6-5-11(10(2)18)8-12(13)15/h5-6,8,10,18H,4,7,9H2,1-3H3,(H,16,19)/t10-/m0/s1. The lowest BCUT2D eigenvalue weighted by Gasteiger charge is -2.25. The van der Waals surface area contributed by atoms with Crippen LogP contribution in [-0.4, -0.2) is 31.2 Å². The fourth-order valence-electron chi connectivity index (χ4n) is 1.85. The van der Waals surface area contributed by atoms with Crippen LogP contribution in [0.5, 0.6) is 0 Å². The minimum Gasteiger partial charge on any atom is -0.389 e. The SMILES string of the molecule is CCCN(CC(=O)NC)c1ccc([C@H](C)O)cc1Cl. The highest BCUT2D eigenvalue weighted by atomic mass is 35.5. The lowest BCUT2D eigenvalue weighted by atomic mass is 10.1. The van der Waals surface area contributed by atoms with E-state index >= 15 is 0 Å². The van der Waals surface area contributed by atoms with Gasteiger partial charge >= 0.3 is 0 Å². The Hall–Kier alpha value is -1.26. The molecule has 0 bridgehead atoms. The Balaban J connectivity index is 2.98. The fraction of sp³-hybridized carbons (Fsp3) is 0.500. The molecule has 0 spiro atoms. The Labute approximate surface area is 119 Å². The summed E-state index contributed by atoms with van der Waals surface area (Å²) in [5, 5.41) is 12.7. The summed E-state index contributed by atoms with van der Waals surface area (Å²) in [5.74, 6) is -0.0517. The van der Waals surface area contributed by atoms with E-state index in [4.69, 9.17) is 11.6 Å². The van der Waals surface area contributed by atoms with Gasteiger partial charge < -0.3 is 15.3 Å². The molecule has 0 aromatic heterocycles. The fourth-order valence-corrected chi connectivity index (χ4v) is 2.15. The summed E-state index contributed by atoms with van der Waals surface area (Å²) >= 11 is 6.25. The van der Waals surface area contributed by atoms with E-state index in [9.17, 15) is 9.90 Å². The van der Waals surface area contributed by atoms with Gasteiger partial charge in [0.25, 0.3) is 0 Å². The molecular weight excluding hydrogens is 264 g/mol. The molecule has 0 saturated carbocycles. The molecule has 19 heavy (non-hydrogen) atoms. The highest BCUT2D eigenvalue weighted by Gasteiger charge is 2.14. The highest BCUT2D eigenvalue weighted by Crippen LogP contribution is 2.29. The molecule has 0 aliphatic rings. The molecule has 2 N–H and O–H groups in total. The first-order valence-corrected chi connectivity index (χ1v) is 6.80. The van der Waals surface area contributed by atoms with E-state index in [0.29, 0.717) is 5.02 Å². The van der Waals surface area contributed by atoms with E-state index in [1.54, 1.807) is 20.0 Å². The van der Waals surface area contributed by atoms with Crippen LogP contribution >= 0.6 is 11.6 Å². The monoisotopic (exact) mass is 284 g/mol. The maximum Gasteiger partial charge on any atom is 0.239 e. The molecule has 0 saturated heterocycles. The molecule has 106 valence electrons. The van der Waals surface area contributed by atoms with Crippen molar-refractivity contribution in [3.05, 3.63) is 28.8 Å². The van der Waals surface area contributed by atoms with Gasteiger partial charge in [-0.2, -0.15) is 0 Å². The van der Waals surface area contributed by atoms with Crippen LogP contribution in [0.4, 0.5) is 5.69 Å². The molecule has 0 unspecified atom stereocenters. The van der Waals surface area contributed by atoms with Crippen LogP contribution in [0.1, 0.15) is 31.9 Å². The van der Waals surface area contributed by atoms with Gasteiger partial charge in [-0.05, 0) is 31.0 Å². The molecule has 1 aromatic carbocycles. The summed E-state index contributed by atoms with van der Waals surface area (Å²) in [7, 11) is 1.62. The number of carbonyl (C=O) groups is 1. The van der Waals surface area contributed by atoms with Crippen LogP contribution in [0.3, 0.4) is 0 Å². The third kappa shape index (κ3) is 4.40. The minimum atomic E-state index is -0.551.